The smallest absolute Gasteiger partial charge is 0.191 e. The predicted octanol–water partition coefficient (Wildman–Crippen LogP) is 1.28. The molecular weight excluding hydrogens is 509 g/mol. The lowest BCUT2D eigenvalue weighted by Gasteiger charge is -2.34. The lowest BCUT2D eigenvalue weighted by Crippen LogP contribution is -2.52. The van der Waals surface area contributed by atoms with Gasteiger partial charge in [-0.3, -0.25) is 4.90 Å². The van der Waals surface area contributed by atoms with Gasteiger partial charge in [0.05, 0.1) is 38.6 Å². The van der Waals surface area contributed by atoms with E-state index in [-0.39, 0.29) is 24.0 Å². The van der Waals surface area contributed by atoms with Crippen LogP contribution in [0.4, 0.5) is 5.69 Å². The van der Waals surface area contributed by atoms with Gasteiger partial charge in [0.25, 0.3) is 0 Å². The number of β-amino-alcohol motifs (C(OH)–C–C–N with tert-alkyl or cyclic N) is 1. The molecule has 3 rings (SSSR count). The van der Waals surface area contributed by atoms with Crippen LogP contribution in [0.25, 0.3) is 0 Å². The molecule has 2 saturated heterocycles. The van der Waals surface area contributed by atoms with Crippen molar-refractivity contribution >= 4 is 35.6 Å². The summed E-state index contributed by atoms with van der Waals surface area (Å²) in [5.41, 5.74) is 1.55. The van der Waals surface area contributed by atoms with E-state index in [9.17, 15) is 5.11 Å². The highest BCUT2D eigenvalue weighted by Gasteiger charge is 2.25. The Morgan fingerprint density at radius 3 is 2.26 bits per heavy atom. The zero-order valence-electron chi connectivity index (χ0n) is 18.8. The van der Waals surface area contributed by atoms with Gasteiger partial charge in [0, 0.05) is 51.5 Å². The number of guanidine groups is 1. The molecule has 1 aromatic carbocycles. The van der Waals surface area contributed by atoms with Gasteiger partial charge in [-0.1, -0.05) is 12.1 Å². The number of rotatable bonds is 8. The van der Waals surface area contributed by atoms with Crippen LogP contribution in [0.15, 0.2) is 29.3 Å². The maximum absolute atomic E-state index is 10.8. The van der Waals surface area contributed by atoms with Crippen LogP contribution in [0.1, 0.15) is 19.4 Å². The van der Waals surface area contributed by atoms with Gasteiger partial charge >= 0.3 is 0 Å². The van der Waals surface area contributed by atoms with Crippen LogP contribution < -0.4 is 15.5 Å². The van der Waals surface area contributed by atoms with Crippen LogP contribution in [0.5, 0.6) is 0 Å². The van der Waals surface area contributed by atoms with Crippen molar-refractivity contribution in [2.24, 2.45) is 4.99 Å². The molecule has 2 fully saturated rings. The van der Waals surface area contributed by atoms with Crippen molar-refractivity contribution in [2.45, 2.75) is 26.0 Å². The summed E-state index contributed by atoms with van der Waals surface area (Å²) in [7, 11) is 0. The van der Waals surface area contributed by atoms with Crippen molar-refractivity contribution in [3.05, 3.63) is 29.8 Å². The molecule has 1 atom stereocenters. The zero-order valence-corrected chi connectivity index (χ0v) is 21.1. The van der Waals surface area contributed by atoms with E-state index < -0.39 is 5.60 Å². The molecule has 2 aliphatic heterocycles. The van der Waals surface area contributed by atoms with Crippen LogP contribution in [-0.2, 0) is 16.0 Å². The zero-order chi connectivity index (χ0) is 21.2. The molecular formula is C22H38IN5O3. The van der Waals surface area contributed by atoms with E-state index in [2.05, 4.69) is 44.7 Å². The molecule has 1 unspecified atom stereocenters. The number of halogens is 1. The van der Waals surface area contributed by atoms with Crippen molar-refractivity contribution in [1.29, 1.82) is 0 Å². The average Bonchev–Trinajstić information content (AvgIpc) is 2.77. The third kappa shape index (κ3) is 9.09. The first-order chi connectivity index (χ1) is 14.6. The van der Waals surface area contributed by atoms with Crippen LogP contribution in [0.2, 0.25) is 0 Å². The van der Waals surface area contributed by atoms with Crippen LogP contribution in [0.3, 0.4) is 0 Å². The third-order valence-electron chi connectivity index (χ3n) is 5.38. The summed E-state index contributed by atoms with van der Waals surface area (Å²) < 4.78 is 10.8. The second-order valence-corrected chi connectivity index (χ2v) is 8.20. The molecule has 176 valence electrons. The molecule has 31 heavy (non-hydrogen) atoms. The van der Waals surface area contributed by atoms with Crippen LogP contribution in [0, 0.1) is 0 Å². The molecule has 2 aliphatic rings. The van der Waals surface area contributed by atoms with Crippen LogP contribution >= 0.6 is 24.0 Å². The fourth-order valence-corrected chi connectivity index (χ4v) is 3.72. The summed E-state index contributed by atoms with van der Waals surface area (Å²) >= 11 is 0. The lowest BCUT2D eigenvalue weighted by atomic mass is 10.1. The fraction of sp³-hybridized carbons (Fsp3) is 0.682. The van der Waals surface area contributed by atoms with Gasteiger partial charge in [-0.05, 0) is 31.5 Å². The Hall–Kier alpha value is -1.14. The van der Waals surface area contributed by atoms with Gasteiger partial charge < -0.3 is 30.1 Å². The van der Waals surface area contributed by atoms with E-state index in [1.165, 1.54) is 5.69 Å². The van der Waals surface area contributed by atoms with Gasteiger partial charge in [0.15, 0.2) is 5.96 Å². The molecule has 0 aliphatic carbocycles. The van der Waals surface area contributed by atoms with E-state index in [1.807, 2.05) is 13.8 Å². The monoisotopic (exact) mass is 547 g/mol. The van der Waals surface area contributed by atoms with E-state index >= 15 is 0 Å². The summed E-state index contributed by atoms with van der Waals surface area (Å²) in [6, 6.07) is 8.58. The largest absolute Gasteiger partial charge is 0.387 e. The van der Waals surface area contributed by atoms with Crippen molar-refractivity contribution in [3.63, 3.8) is 0 Å². The molecule has 0 spiro atoms. The number of aliphatic hydroxyl groups is 1. The molecule has 0 saturated carbocycles. The first-order valence-corrected chi connectivity index (χ1v) is 11.0. The maximum Gasteiger partial charge on any atom is 0.191 e. The minimum absolute atomic E-state index is 0. The number of benzene rings is 1. The highest BCUT2D eigenvalue weighted by Crippen LogP contribution is 2.17. The van der Waals surface area contributed by atoms with Crippen molar-refractivity contribution in [3.8, 4) is 0 Å². The maximum atomic E-state index is 10.8. The van der Waals surface area contributed by atoms with Gasteiger partial charge in [-0.2, -0.15) is 0 Å². The number of nitrogens with zero attached hydrogens (tertiary/aromatic N) is 3. The quantitative estimate of drug-likeness (QED) is 0.257. The SMILES string of the molecule is CCNC(=NCc1ccc(N2CCOCC2)cc1)NCC(C)(O)CN1CCOCC1.I. The Balaban J connectivity index is 0.00000341. The number of hydrogen-bond donors (Lipinski definition) is 3. The highest BCUT2D eigenvalue weighted by atomic mass is 127. The molecule has 0 aromatic heterocycles. The first kappa shape index (κ1) is 26.1. The van der Waals surface area contributed by atoms with Gasteiger partial charge in [-0.15, -0.1) is 24.0 Å². The summed E-state index contributed by atoms with van der Waals surface area (Å²) in [4.78, 5) is 9.28. The number of hydrogen-bond acceptors (Lipinski definition) is 6. The van der Waals surface area contributed by atoms with Crippen molar-refractivity contribution in [2.75, 3.05) is 77.1 Å². The Labute approximate surface area is 203 Å². The molecule has 0 amide bonds. The van der Waals surface area contributed by atoms with Gasteiger partial charge in [-0.25, -0.2) is 4.99 Å². The Morgan fingerprint density at radius 1 is 1.03 bits per heavy atom. The number of aliphatic imine (C=N–C) groups is 1. The number of nitrogens with one attached hydrogen (secondary N) is 2. The van der Waals surface area contributed by atoms with E-state index in [4.69, 9.17) is 14.5 Å². The Bertz CT molecular complexity index is 660. The summed E-state index contributed by atoms with van der Waals surface area (Å²) in [5.74, 6) is 0.719. The van der Waals surface area contributed by atoms with E-state index in [0.717, 1.165) is 70.7 Å². The van der Waals surface area contributed by atoms with Gasteiger partial charge in [0.1, 0.15) is 0 Å². The Kier molecular flexibility index (Phi) is 11.3. The summed E-state index contributed by atoms with van der Waals surface area (Å²) in [5, 5.41) is 17.3. The molecule has 2 heterocycles. The van der Waals surface area contributed by atoms with Crippen molar-refractivity contribution < 1.29 is 14.6 Å². The van der Waals surface area contributed by atoms with E-state index in [1.54, 1.807) is 0 Å². The van der Waals surface area contributed by atoms with Crippen LogP contribution in [-0.4, -0.2) is 93.8 Å². The topological polar surface area (TPSA) is 81.6 Å². The summed E-state index contributed by atoms with van der Waals surface area (Å²) in [6.07, 6.45) is 0. The number of ether oxygens (including phenoxy) is 2. The second kappa shape index (κ2) is 13.4. The molecule has 1 aromatic rings. The Morgan fingerprint density at radius 2 is 1.65 bits per heavy atom. The predicted molar refractivity (Wildman–Crippen MR) is 136 cm³/mol. The average molecular weight is 547 g/mol. The summed E-state index contributed by atoms with van der Waals surface area (Å²) in [6.45, 7) is 13.0. The lowest BCUT2D eigenvalue weighted by molar-refractivity contribution is -0.0201. The molecule has 3 N–H and O–H groups in total. The standard InChI is InChI=1S/C22H37N5O3.HI/c1-3-23-21(25-17-22(2,28)18-26-8-12-29-13-9-26)24-16-19-4-6-20(7-5-19)27-10-14-30-15-11-27;/h4-7,28H,3,8-18H2,1-2H3,(H2,23,24,25);1H. The minimum Gasteiger partial charge on any atom is -0.387 e. The minimum atomic E-state index is -0.840. The van der Waals surface area contributed by atoms with Crippen molar-refractivity contribution in [1.82, 2.24) is 15.5 Å². The first-order valence-electron chi connectivity index (χ1n) is 11.0. The number of anilines is 1. The third-order valence-corrected chi connectivity index (χ3v) is 5.38. The van der Waals surface area contributed by atoms with Gasteiger partial charge in [0.2, 0.25) is 0 Å². The van der Waals surface area contributed by atoms with E-state index in [0.29, 0.717) is 19.6 Å². The number of morpholine rings is 2. The molecule has 9 heteroatoms. The highest BCUT2D eigenvalue weighted by molar-refractivity contribution is 14.0. The molecule has 0 radical (unpaired) electrons. The normalized spacial score (nSPS) is 20.0. The molecule has 0 bridgehead atoms. The fourth-order valence-electron chi connectivity index (χ4n) is 3.72. The molecule has 8 nitrogen and oxygen atoms in total. The second-order valence-electron chi connectivity index (χ2n) is 8.20.